The second-order valence-corrected chi connectivity index (χ2v) is 9.55. The van der Waals surface area contributed by atoms with E-state index in [1.54, 1.807) is 19.1 Å². The van der Waals surface area contributed by atoms with Crippen molar-refractivity contribution in [2.75, 3.05) is 13.7 Å². The van der Waals surface area contributed by atoms with Crippen LogP contribution in [0.1, 0.15) is 60.8 Å². The predicted octanol–water partition coefficient (Wildman–Crippen LogP) is 5.36. The quantitative estimate of drug-likeness (QED) is 0.369. The van der Waals surface area contributed by atoms with Crippen molar-refractivity contribution >= 4 is 22.8 Å². The Morgan fingerprint density at radius 2 is 2.00 bits per heavy atom. The maximum atomic E-state index is 15.0. The maximum Gasteiger partial charge on any atom is 0.235 e. The summed E-state index contributed by atoms with van der Waals surface area (Å²) in [6.45, 7) is 2.38. The van der Waals surface area contributed by atoms with Gasteiger partial charge in [0.25, 0.3) is 0 Å². The number of benzene rings is 1. The standard InChI is InChI=1S/C25H24ClFN6O2/c1-13-25(34-2)31-22-21(18-6-3-16(26)10-19(18)27)30-23(32-24(22)29-13)14-7-8-35-20(9-14)15-11-28-33(12-15)17-4-5-17/h3,6,10-12,14,17,20H,4-5,7-9H2,1-2H3/t14-,20-/m1/s1. The van der Waals surface area contributed by atoms with Crippen LogP contribution in [0.25, 0.3) is 22.4 Å². The molecule has 6 rings (SSSR count). The van der Waals surface area contributed by atoms with Gasteiger partial charge >= 0.3 is 0 Å². The summed E-state index contributed by atoms with van der Waals surface area (Å²) in [6, 6.07) is 5.03. The van der Waals surface area contributed by atoms with Crippen molar-refractivity contribution in [1.82, 2.24) is 29.7 Å². The molecule has 8 nitrogen and oxygen atoms in total. The number of methoxy groups -OCH3 is 1. The minimum absolute atomic E-state index is 0.0146. The van der Waals surface area contributed by atoms with E-state index in [4.69, 9.17) is 31.0 Å². The van der Waals surface area contributed by atoms with Gasteiger partial charge in [-0.1, -0.05) is 11.6 Å². The van der Waals surface area contributed by atoms with E-state index in [0.29, 0.717) is 58.3 Å². The fourth-order valence-corrected chi connectivity index (χ4v) is 4.76. The van der Waals surface area contributed by atoms with Crippen molar-refractivity contribution in [3.63, 3.8) is 0 Å². The van der Waals surface area contributed by atoms with Crippen LogP contribution in [-0.2, 0) is 4.74 Å². The third-order valence-electron chi connectivity index (χ3n) is 6.62. The van der Waals surface area contributed by atoms with Gasteiger partial charge in [0.05, 0.1) is 25.5 Å². The average molecular weight is 495 g/mol. The Morgan fingerprint density at radius 3 is 2.77 bits per heavy atom. The summed E-state index contributed by atoms with van der Waals surface area (Å²) in [5, 5.41) is 4.82. The molecule has 1 aliphatic carbocycles. The van der Waals surface area contributed by atoms with E-state index in [1.165, 1.54) is 26.0 Å². The number of ether oxygens (including phenoxy) is 2. The Morgan fingerprint density at radius 1 is 1.14 bits per heavy atom. The first-order valence-electron chi connectivity index (χ1n) is 11.7. The van der Waals surface area contributed by atoms with Gasteiger partial charge in [0, 0.05) is 34.9 Å². The molecule has 0 radical (unpaired) electrons. The normalized spacial score (nSPS) is 20.3. The van der Waals surface area contributed by atoms with Gasteiger partial charge in [-0.05, 0) is 50.8 Å². The third kappa shape index (κ3) is 4.23. The topological polar surface area (TPSA) is 87.8 Å². The van der Waals surface area contributed by atoms with Crippen molar-refractivity contribution in [1.29, 1.82) is 0 Å². The molecule has 1 saturated heterocycles. The van der Waals surface area contributed by atoms with Gasteiger partial charge < -0.3 is 9.47 Å². The molecule has 0 N–H and O–H groups in total. The highest BCUT2D eigenvalue weighted by atomic mass is 35.5. The number of aromatic nitrogens is 6. The lowest BCUT2D eigenvalue weighted by Gasteiger charge is -2.28. The number of fused-ring (bicyclic) bond motifs is 1. The minimum Gasteiger partial charge on any atom is -0.480 e. The summed E-state index contributed by atoms with van der Waals surface area (Å²) in [5.74, 6) is 0.481. The summed E-state index contributed by atoms with van der Waals surface area (Å²) in [6.07, 6.45) is 7.69. The van der Waals surface area contributed by atoms with E-state index in [1.807, 2.05) is 10.9 Å². The number of hydrogen-bond acceptors (Lipinski definition) is 7. The lowest BCUT2D eigenvalue weighted by atomic mass is 9.92. The zero-order chi connectivity index (χ0) is 24.1. The van der Waals surface area contributed by atoms with Crippen LogP contribution in [0.5, 0.6) is 5.88 Å². The van der Waals surface area contributed by atoms with Crippen molar-refractivity contribution in [3.05, 3.63) is 58.5 Å². The molecule has 2 aliphatic rings. The molecular formula is C25H24ClFN6O2. The van der Waals surface area contributed by atoms with Crippen molar-refractivity contribution in [2.24, 2.45) is 0 Å². The predicted molar refractivity (Wildman–Crippen MR) is 128 cm³/mol. The highest BCUT2D eigenvalue weighted by Crippen LogP contribution is 2.40. The van der Waals surface area contributed by atoms with Crippen molar-refractivity contribution in [2.45, 2.75) is 50.7 Å². The van der Waals surface area contributed by atoms with E-state index >= 15 is 4.39 Å². The average Bonchev–Trinajstić information content (AvgIpc) is 3.59. The van der Waals surface area contributed by atoms with Crippen molar-refractivity contribution in [3.8, 4) is 17.1 Å². The van der Waals surface area contributed by atoms with Gasteiger partial charge in [-0.2, -0.15) is 5.10 Å². The summed E-state index contributed by atoms with van der Waals surface area (Å²) in [7, 11) is 1.52. The number of hydrogen-bond donors (Lipinski definition) is 0. The monoisotopic (exact) mass is 494 g/mol. The molecular weight excluding hydrogens is 471 g/mol. The Hall–Kier alpha value is -3.17. The first-order valence-corrected chi connectivity index (χ1v) is 12.1. The van der Waals surface area contributed by atoms with Crippen LogP contribution in [0.15, 0.2) is 30.6 Å². The van der Waals surface area contributed by atoms with Crippen LogP contribution in [0.4, 0.5) is 4.39 Å². The lowest BCUT2D eigenvalue weighted by Crippen LogP contribution is -2.20. The molecule has 0 bridgehead atoms. The number of aryl methyl sites for hydroxylation is 1. The molecule has 35 heavy (non-hydrogen) atoms. The van der Waals surface area contributed by atoms with E-state index in [9.17, 15) is 0 Å². The SMILES string of the molecule is COc1nc2c(-c3ccc(Cl)cc3F)nc([C@@H]3CCO[C@@H](c4cnn(C5CC5)c4)C3)nc2nc1C. The second-order valence-electron chi connectivity index (χ2n) is 9.11. The molecule has 0 spiro atoms. The van der Waals surface area contributed by atoms with Gasteiger partial charge in [-0.3, -0.25) is 4.68 Å². The summed E-state index contributed by atoms with van der Waals surface area (Å²) < 4.78 is 28.5. The van der Waals surface area contributed by atoms with E-state index in [-0.39, 0.29) is 17.6 Å². The van der Waals surface area contributed by atoms with E-state index in [0.717, 1.165) is 12.0 Å². The lowest BCUT2D eigenvalue weighted by molar-refractivity contribution is 0.00396. The minimum atomic E-state index is -0.484. The Kier molecular flexibility index (Phi) is 5.61. The van der Waals surface area contributed by atoms with Gasteiger partial charge in [0.1, 0.15) is 28.5 Å². The smallest absolute Gasteiger partial charge is 0.235 e. The molecule has 1 aromatic carbocycles. The van der Waals surface area contributed by atoms with Crippen LogP contribution in [0.3, 0.4) is 0 Å². The van der Waals surface area contributed by atoms with Crippen LogP contribution < -0.4 is 4.74 Å². The molecule has 2 fully saturated rings. The van der Waals surface area contributed by atoms with Crippen molar-refractivity contribution < 1.29 is 13.9 Å². The zero-order valence-electron chi connectivity index (χ0n) is 19.4. The summed E-state index contributed by atoms with van der Waals surface area (Å²) in [4.78, 5) is 18.8. The Balaban J connectivity index is 1.42. The molecule has 180 valence electrons. The molecule has 0 amide bonds. The zero-order valence-corrected chi connectivity index (χ0v) is 20.2. The molecule has 1 aliphatic heterocycles. The molecule has 2 atom stereocenters. The maximum absolute atomic E-state index is 15.0. The molecule has 0 unspecified atom stereocenters. The van der Waals surface area contributed by atoms with Crippen LogP contribution in [-0.4, -0.2) is 43.4 Å². The second kappa shape index (κ2) is 8.80. The largest absolute Gasteiger partial charge is 0.480 e. The summed E-state index contributed by atoms with van der Waals surface area (Å²) in [5.41, 5.74) is 3.11. The number of rotatable bonds is 5. The summed E-state index contributed by atoms with van der Waals surface area (Å²) >= 11 is 6.00. The van der Waals surface area contributed by atoms with E-state index < -0.39 is 5.82 Å². The highest BCUT2D eigenvalue weighted by Gasteiger charge is 2.31. The first kappa shape index (κ1) is 22.3. The molecule has 4 heterocycles. The van der Waals surface area contributed by atoms with Gasteiger partial charge in [0.2, 0.25) is 5.88 Å². The van der Waals surface area contributed by atoms with Gasteiger partial charge in [-0.25, -0.2) is 24.3 Å². The Labute approximate surface area is 206 Å². The van der Waals surface area contributed by atoms with Crippen LogP contribution in [0, 0.1) is 12.7 Å². The fourth-order valence-electron chi connectivity index (χ4n) is 4.60. The van der Waals surface area contributed by atoms with Crippen LogP contribution >= 0.6 is 11.6 Å². The number of nitrogens with zero attached hydrogens (tertiary/aromatic N) is 6. The fraction of sp³-hybridized carbons (Fsp3) is 0.400. The van der Waals surface area contributed by atoms with E-state index in [2.05, 4.69) is 21.3 Å². The first-order chi connectivity index (χ1) is 17.0. The van der Waals surface area contributed by atoms with Crippen LogP contribution in [0.2, 0.25) is 5.02 Å². The van der Waals surface area contributed by atoms with Gasteiger partial charge in [0.15, 0.2) is 5.65 Å². The Bertz CT molecular complexity index is 1420. The highest BCUT2D eigenvalue weighted by molar-refractivity contribution is 6.30. The molecule has 3 aromatic heterocycles. The molecule has 10 heteroatoms. The molecule has 1 saturated carbocycles. The molecule has 4 aromatic rings. The number of halogens is 2. The van der Waals surface area contributed by atoms with Gasteiger partial charge in [-0.15, -0.1) is 0 Å². The third-order valence-corrected chi connectivity index (χ3v) is 6.86.